The lowest BCUT2D eigenvalue weighted by molar-refractivity contribution is 0.0346. The lowest BCUT2D eigenvalue weighted by Crippen LogP contribution is -2.12. The zero-order chi connectivity index (χ0) is 15.1. The quantitative estimate of drug-likeness (QED) is 0.370. The van der Waals surface area contributed by atoms with Gasteiger partial charge in [-0.15, -0.1) is 0 Å². The first-order chi connectivity index (χ1) is 9.56. The van der Waals surface area contributed by atoms with E-state index in [9.17, 15) is 8.42 Å². The van der Waals surface area contributed by atoms with Gasteiger partial charge in [0.15, 0.2) is 0 Å². The molecule has 0 aliphatic rings. The predicted octanol–water partition coefficient (Wildman–Crippen LogP) is 2.59. The van der Waals surface area contributed by atoms with E-state index in [1.807, 2.05) is 0 Å². The van der Waals surface area contributed by atoms with Crippen molar-refractivity contribution in [2.75, 3.05) is 33.0 Å². The third kappa shape index (κ3) is 17.8. The Morgan fingerprint density at radius 2 is 1.25 bits per heavy atom. The number of ether oxygens (including phenoxy) is 2. The van der Waals surface area contributed by atoms with E-state index in [0.29, 0.717) is 13.2 Å². The van der Waals surface area contributed by atoms with Crippen molar-refractivity contribution in [3.05, 3.63) is 0 Å². The molecule has 0 spiro atoms. The van der Waals surface area contributed by atoms with E-state index < -0.39 is 10.4 Å². The molecule has 0 saturated heterocycles. The molecule has 0 heterocycles. The van der Waals surface area contributed by atoms with Crippen molar-refractivity contribution in [3.63, 3.8) is 0 Å². The molecular formula is C13H28O6S. The fraction of sp³-hybridized carbons (Fsp3) is 1.00. The summed E-state index contributed by atoms with van der Waals surface area (Å²) in [7, 11) is -4.35. The van der Waals surface area contributed by atoms with E-state index in [1.54, 1.807) is 0 Å². The smallest absolute Gasteiger partial charge is 0.379 e. The number of hydrogen-bond donors (Lipinski definition) is 1. The maximum atomic E-state index is 10.2. The van der Waals surface area contributed by atoms with Gasteiger partial charge in [-0.3, -0.25) is 4.55 Å². The first kappa shape index (κ1) is 19.8. The molecule has 1 N–H and O–H groups in total. The van der Waals surface area contributed by atoms with E-state index in [1.165, 1.54) is 38.5 Å². The molecule has 0 aromatic rings. The standard InChI is InChI=1S/C13H28O6S/c1-2-3-4-5-6-7-8-9-17-10-11-18-12-13-19-20(14,15)16/h2-13H2,1H3,(H,14,15,16). The van der Waals surface area contributed by atoms with E-state index in [0.717, 1.165) is 13.0 Å². The van der Waals surface area contributed by atoms with Crippen molar-refractivity contribution in [2.45, 2.75) is 51.9 Å². The number of unbranched alkanes of at least 4 members (excludes halogenated alkanes) is 6. The third-order valence-corrected chi connectivity index (χ3v) is 3.19. The van der Waals surface area contributed by atoms with Gasteiger partial charge in [-0.1, -0.05) is 45.4 Å². The van der Waals surface area contributed by atoms with Gasteiger partial charge in [0.05, 0.1) is 26.4 Å². The second-order valence-corrected chi connectivity index (χ2v) is 5.69. The van der Waals surface area contributed by atoms with Crippen molar-refractivity contribution in [3.8, 4) is 0 Å². The number of hydrogen-bond acceptors (Lipinski definition) is 5. The molecule has 0 fully saturated rings. The van der Waals surface area contributed by atoms with Crippen LogP contribution in [-0.2, 0) is 24.1 Å². The van der Waals surface area contributed by atoms with Crippen molar-refractivity contribution < 1.29 is 26.6 Å². The molecule has 0 aliphatic heterocycles. The molecule has 0 radical (unpaired) electrons. The second kappa shape index (κ2) is 13.8. The minimum absolute atomic E-state index is 0.112. The first-order valence-electron chi connectivity index (χ1n) is 7.33. The molecule has 0 amide bonds. The largest absolute Gasteiger partial charge is 0.397 e. The van der Waals surface area contributed by atoms with E-state index in [2.05, 4.69) is 11.1 Å². The van der Waals surface area contributed by atoms with Crippen LogP contribution in [-0.4, -0.2) is 46.0 Å². The maximum Gasteiger partial charge on any atom is 0.397 e. The molecule has 6 nitrogen and oxygen atoms in total. The van der Waals surface area contributed by atoms with Crippen LogP contribution >= 0.6 is 0 Å². The molecule has 0 aromatic carbocycles. The maximum absolute atomic E-state index is 10.2. The van der Waals surface area contributed by atoms with Crippen LogP contribution in [0.15, 0.2) is 0 Å². The van der Waals surface area contributed by atoms with Crippen molar-refractivity contribution in [2.24, 2.45) is 0 Å². The SMILES string of the molecule is CCCCCCCCCOCCOCCOS(=O)(=O)O. The van der Waals surface area contributed by atoms with E-state index in [4.69, 9.17) is 14.0 Å². The fourth-order valence-corrected chi connectivity index (χ4v) is 1.96. The van der Waals surface area contributed by atoms with Gasteiger partial charge >= 0.3 is 10.4 Å². The molecule has 0 aromatic heterocycles. The van der Waals surface area contributed by atoms with Crippen molar-refractivity contribution in [1.82, 2.24) is 0 Å². The van der Waals surface area contributed by atoms with Gasteiger partial charge in [0.1, 0.15) is 0 Å². The Morgan fingerprint density at radius 3 is 1.85 bits per heavy atom. The average molecular weight is 312 g/mol. The highest BCUT2D eigenvalue weighted by Crippen LogP contribution is 2.06. The van der Waals surface area contributed by atoms with Crippen molar-refractivity contribution in [1.29, 1.82) is 0 Å². The minimum Gasteiger partial charge on any atom is -0.379 e. The van der Waals surface area contributed by atoms with Crippen LogP contribution in [0.25, 0.3) is 0 Å². The molecule has 0 bridgehead atoms. The van der Waals surface area contributed by atoms with Gasteiger partial charge in [0.25, 0.3) is 0 Å². The Hall–Kier alpha value is -0.210. The highest BCUT2D eigenvalue weighted by Gasteiger charge is 2.02. The molecule has 0 aliphatic carbocycles. The highest BCUT2D eigenvalue weighted by molar-refractivity contribution is 7.80. The van der Waals surface area contributed by atoms with Gasteiger partial charge < -0.3 is 9.47 Å². The van der Waals surface area contributed by atoms with Gasteiger partial charge in [-0.2, -0.15) is 8.42 Å². The van der Waals surface area contributed by atoms with Crippen LogP contribution in [0.4, 0.5) is 0 Å². The summed E-state index contributed by atoms with van der Waals surface area (Å²) in [6.45, 7) is 3.76. The Balaban J connectivity index is 3.03. The molecule has 122 valence electrons. The summed E-state index contributed by atoms with van der Waals surface area (Å²) < 4.78 is 43.2. The van der Waals surface area contributed by atoms with Gasteiger partial charge in [-0.05, 0) is 6.42 Å². The van der Waals surface area contributed by atoms with Crippen LogP contribution in [0.2, 0.25) is 0 Å². The summed E-state index contributed by atoms with van der Waals surface area (Å²) in [6.07, 6.45) is 8.78. The summed E-state index contributed by atoms with van der Waals surface area (Å²) in [5.74, 6) is 0. The molecule has 0 saturated carbocycles. The lowest BCUT2D eigenvalue weighted by Gasteiger charge is -2.05. The normalized spacial score (nSPS) is 11.9. The van der Waals surface area contributed by atoms with E-state index >= 15 is 0 Å². The van der Waals surface area contributed by atoms with Crippen LogP contribution in [0, 0.1) is 0 Å². The second-order valence-electron chi connectivity index (χ2n) is 4.60. The molecule has 0 rings (SSSR count). The molecule has 7 heteroatoms. The first-order valence-corrected chi connectivity index (χ1v) is 8.70. The highest BCUT2D eigenvalue weighted by atomic mass is 32.3. The number of rotatable bonds is 15. The predicted molar refractivity (Wildman–Crippen MR) is 77.1 cm³/mol. The van der Waals surface area contributed by atoms with Crippen LogP contribution < -0.4 is 0 Å². The Kier molecular flexibility index (Phi) is 13.6. The van der Waals surface area contributed by atoms with Crippen molar-refractivity contribution >= 4 is 10.4 Å². The Morgan fingerprint density at radius 1 is 0.750 bits per heavy atom. The third-order valence-electron chi connectivity index (χ3n) is 2.72. The summed E-state index contributed by atoms with van der Waals surface area (Å²) in [6, 6.07) is 0. The van der Waals surface area contributed by atoms with Crippen LogP contribution in [0.1, 0.15) is 51.9 Å². The Labute approximate surface area is 122 Å². The Bertz CT molecular complexity index is 291. The molecule has 20 heavy (non-hydrogen) atoms. The van der Waals surface area contributed by atoms with Gasteiger partial charge in [0.2, 0.25) is 0 Å². The molecule has 0 unspecified atom stereocenters. The molecule has 0 atom stereocenters. The van der Waals surface area contributed by atoms with Gasteiger partial charge in [0, 0.05) is 6.61 Å². The average Bonchev–Trinajstić information content (AvgIpc) is 2.38. The zero-order valence-electron chi connectivity index (χ0n) is 12.4. The lowest BCUT2D eigenvalue weighted by atomic mass is 10.1. The van der Waals surface area contributed by atoms with Gasteiger partial charge in [-0.25, -0.2) is 4.18 Å². The molecular weight excluding hydrogens is 284 g/mol. The summed E-state index contributed by atoms with van der Waals surface area (Å²) >= 11 is 0. The monoisotopic (exact) mass is 312 g/mol. The fourth-order valence-electron chi connectivity index (χ4n) is 1.68. The van der Waals surface area contributed by atoms with Crippen LogP contribution in [0.5, 0.6) is 0 Å². The topological polar surface area (TPSA) is 82.1 Å². The van der Waals surface area contributed by atoms with Crippen LogP contribution in [0.3, 0.4) is 0 Å². The summed E-state index contributed by atoms with van der Waals surface area (Å²) in [4.78, 5) is 0. The summed E-state index contributed by atoms with van der Waals surface area (Å²) in [5, 5.41) is 0. The minimum atomic E-state index is -4.35. The van der Waals surface area contributed by atoms with E-state index in [-0.39, 0.29) is 13.2 Å². The zero-order valence-corrected chi connectivity index (χ0v) is 13.2. The summed E-state index contributed by atoms with van der Waals surface area (Å²) in [5.41, 5.74) is 0.